The second kappa shape index (κ2) is 30.6. The maximum atomic E-state index is 10.1. The van der Waals surface area contributed by atoms with Crippen LogP contribution in [0.1, 0.15) is 6.92 Å². The van der Waals surface area contributed by atoms with Gasteiger partial charge in [0.25, 0.3) is 0 Å². The highest BCUT2D eigenvalue weighted by Crippen LogP contribution is 1.58. The summed E-state index contributed by atoms with van der Waals surface area (Å²) in [7, 11) is -10.7. The van der Waals surface area contributed by atoms with Crippen LogP contribution in [0.5, 0.6) is 0 Å². The van der Waals surface area contributed by atoms with Crippen molar-refractivity contribution in [2.45, 2.75) is 6.92 Å². The summed E-state index contributed by atoms with van der Waals surface area (Å²) in [4.78, 5) is 0. The van der Waals surface area contributed by atoms with E-state index in [-0.39, 0.29) is 0 Å². The summed E-state index contributed by atoms with van der Waals surface area (Å²) in [5, 5.41) is 55.6. The molecule has 17 heteroatoms. The molecule has 0 atom stereocenters. The number of hydrogen-bond acceptors (Lipinski definition) is 9. The van der Waals surface area contributed by atoms with Crippen LogP contribution >= 0.6 is 0 Å². The minimum Gasteiger partial charge on any atom is -0.398 e. The Kier molecular flexibility index (Phi) is 50.1. The van der Waals surface area contributed by atoms with E-state index >= 15 is 0 Å². The van der Waals surface area contributed by atoms with Crippen molar-refractivity contribution in [1.29, 1.82) is 0 Å². The van der Waals surface area contributed by atoms with Crippen LogP contribution in [0.25, 0.3) is 0 Å². The highest BCUT2D eigenvalue weighted by atomic mass is 19.1. The Morgan fingerprint density at radius 1 is 0.632 bits per heavy atom. The van der Waals surface area contributed by atoms with Gasteiger partial charge >= 0.3 is 29.6 Å². The molecule has 0 aliphatic carbocycles. The van der Waals surface area contributed by atoms with Crippen LogP contribution in [0, 0.1) is 0 Å². The molecule has 116 valence electrons. The summed E-state index contributed by atoms with van der Waals surface area (Å²) < 4.78 is 40.4. The molecule has 19 heavy (non-hydrogen) atoms. The summed E-state index contributed by atoms with van der Waals surface area (Å²) in [5.74, 6) is 0. The van der Waals surface area contributed by atoms with Gasteiger partial charge in [0.2, 0.25) is 0 Å². The molecule has 0 unspecified atom stereocenters. The van der Waals surface area contributed by atoms with E-state index in [2.05, 4.69) is 0 Å². The predicted octanol–water partition coefficient (Wildman–Crippen LogP) is -4.33. The molecule has 0 spiro atoms. The Morgan fingerprint density at radius 2 is 0.632 bits per heavy atom. The van der Waals surface area contributed by atoms with Crippen molar-refractivity contribution < 1.29 is 57.5 Å². The van der Waals surface area contributed by atoms with Crippen LogP contribution in [-0.4, -0.2) is 76.3 Å². The van der Waals surface area contributed by atoms with Gasteiger partial charge in [0, 0.05) is 0 Å². The molecular weight excluding hydrogens is 285 g/mol. The van der Waals surface area contributed by atoms with Gasteiger partial charge in [-0.25, -0.2) is 0 Å². The smallest absolute Gasteiger partial charge is 0.398 e. The highest BCUT2D eigenvalue weighted by Gasteiger charge is 1.98. The van der Waals surface area contributed by atoms with Crippen molar-refractivity contribution in [3.8, 4) is 0 Å². The average molecular weight is 300 g/mol. The van der Waals surface area contributed by atoms with Gasteiger partial charge in [0.05, 0.1) is 0 Å². The van der Waals surface area contributed by atoms with Crippen molar-refractivity contribution in [3.63, 3.8) is 0 Å². The lowest BCUT2D eigenvalue weighted by atomic mass is 10.3. The van der Waals surface area contributed by atoms with E-state index in [1.165, 1.54) is 0 Å². The third-order valence-corrected chi connectivity index (χ3v) is 0. The fraction of sp³-hybridized carbons (Fsp3) is 1.00. The molecule has 10 N–H and O–H groups in total. The maximum Gasteiger partial charge on any atom is 0.674 e. The third kappa shape index (κ3) is 29700. The average Bonchev–Trinajstić information content (AvgIpc) is 1.97. The number of rotatable bonds is 0. The number of nitrogens with two attached hydrogens (primary N) is 1. The van der Waals surface area contributed by atoms with Gasteiger partial charge in [-0.3, -0.25) is 17.3 Å². The first-order valence-electron chi connectivity index (χ1n) is 4.05. The van der Waals surface area contributed by atoms with Gasteiger partial charge in [0.1, 0.15) is 0 Å². The molecule has 0 aliphatic heterocycles. The highest BCUT2D eigenvalue weighted by molar-refractivity contribution is 6.32. The Balaban J connectivity index is -0.0000000432. The van der Waals surface area contributed by atoms with Crippen LogP contribution < -0.4 is 5.73 Å². The molecule has 0 amide bonds. The molecule has 0 heterocycles. The van der Waals surface area contributed by atoms with Crippen molar-refractivity contribution in [1.82, 2.24) is 0 Å². The van der Waals surface area contributed by atoms with Crippen molar-refractivity contribution in [2.75, 3.05) is 6.54 Å². The van der Waals surface area contributed by atoms with Crippen LogP contribution in [0.3, 0.4) is 0 Å². The Morgan fingerprint density at radius 3 is 0.632 bits per heavy atom. The molecule has 0 rings (SSSR count). The van der Waals surface area contributed by atoms with Crippen LogP contribution in [0.2, 0.25) is 0 Å². The first kappa shape index (κ1) is 31.2. The van der Waals surface area contributed by atoms with E-state index in [1.807, 2.05) is 6.92 Å². The normalized spacial score (nSPS) is 6.63. The maximum absolute atomic E-state index is 10.1. The molecule has 0 radical (unpaired) electrons. The fourth-order valence-corrected chi connectivity index (χ4v) is 0. The van der Waals surface area contributed by atoms with Crippen LogP contribution in [-0.2, 0) is 0 Å². The summed E-state index contributed by atoms with van der Waals surface area (Å²) >= 11 is 0. The molecule has 9 nitrogen and oxygen atoms in total. The van der Waals surface area contributed by atoms with E-state index in [0.717, 1.165) is 6.54 Å². The van der Waals surface area contributed by atoms with Gasteiger partial charge < -0.3 is 45.9 Å². The number of hydrogen-bond donors (Lipinski definition) is 9. The lowest BCUT2D eigenvalue weighted by molar-refractivity contribution is 0.338. The van der Waals surface area contributed by atoms with E-state index in [1.54, 1.807) is 0 Å². The van der Waals surface area contributed by atoms with E-state index in [9.17, 15) is 17.3 Å². The van der Waals surface area contributed by atoms with Crippen LogP contribution in [0.4, 0.5) is 17.3 Å². The van der Waals surface area contributed by atoms with Gasteiger partial charge in [-0.05, 0) is 6.54 Å². The Hall–Kier alpha value is -0.380. The van der Waals surface area contributed by atoms with E-state index < -0.39 is 29.6 Å². The van der Waals surface area contributed by atoms with Gasteiger partial charge in [-0.2, -0.15) is 0 Å². The zero-order valence-corrected chi connectivity index (χ0v) is 9.68. The largest absolute Gasteiger partial charge is 0.674 e. The standard InChI is InChI=1S/C2H7N.4BFH2O2/c1-2-3;4*2-1(3)4/h2-3H2,1H3;4*3-4H. The monoisotopic (exact) mass is 301 g/mol. The first-order chi connectivity index (χ1) is 8.34. The molecule has 0 saturated heterocycles. The summed E-state index contributed by atoms with van der Waals surface area (Å²) in [5.41, 5.74) is 4.85. The molecule has 0 saturated carbocycles. The SMILES string of the molecule is CCN.OB(O)F.OB(O)F.OB(O)F.OB(O)F. The zero-order chi connectivity index (χ0) is 17.0. The second-order valence-corrected chi connectivity index (χ2v) is 1.65. The van der Waals surface area contributed by atoms with Crippen molar-refractivity contribution >= 4 is 29.6 Å². The van der Waals surface area contributed by atoms with E-state index in [0.29, 0.717) is 0 Å². The predicted molar refractivity (Wildman–Crippen MR) is 59.9 cm³/mol. The minimum absolute atomic E-state index is 0.750. The molecule has 0 aromatic carbocycles. The van der Waals surface area contributed by atoms with E-state index in [4.69, 9.17) is 45.9 Å². The Bertz CT molecular complexity index is 91.9. The summed E-state index contributed by atoms with van der Waals surface area (Å²) in [6.07, 6.45) is 0. The van der Waals surface area contributed by atoms with Crippen molar-refractivity contribution in [2.24, 2.45) is 5.73 Å². The molecule has 0 aliphatic rings. The third-order valence-electron chi connectivity index (χ3n) is 0. The quantitative estimate of drug-likeness (QED) is 0.157. The molecular formula is C2H15B4F4NO8. The first-order valence-corrected chi connectivity index (χ1v) is 4.05. The molecule has 0 aromatic rings. The molecule has 0 fully saturated rings. The number of halogens is 4. The Labute approximate surface area is 107 Å². The van der Waals surface area contributed by atoms with Crippen LogP contribution in [0.15, 0.2) is 0 Å². The fourth-order valence-electron chi connectivity index (χ4n) is 0. The topological polar surface area (TPSA) is 188 Å². The lowest BCUT2D eigenvalue weighted by Crippen LogP contribution is -1.98. The summed E-state index contributed by atoms with van der Waals surface area (Å²) in [6.45, 7) is 2.65. The van der Waals surface area contributed by atoms with Crippen molar-refractivity contribution in [3.05, 3.63) is 0 Å². The zero-order valence-electron chi connectivity index (χ0n) is 9.68. The van der Waals surface area contributed by atoms with Gasteiger partial charge in [-0.15, -0.1) is 0 Å². The minimum atomic E-state index is -2.67. The summed E-state index contributed by atoms with van der Waals surface area (Å²) in [6, 6.07) is 0. The molecule has 0 bridgehead atoms. The van der Waals surface area contributed by atoms with Gasteiger partial charge in [-0.1, -0.05) is 6.92 Å². The van der Waals surface area contributed by atoms with Gasteiger partial charge in [0.15, 0.2) is 0 Å². The molecule has 0 aromatic heterocycles. The second-order valence-electron chi connectivity index (χ2n) is 1.65. The lowest BCUT2D eigenvalue weighted by Gasteiger charge is -1.65.